The van der Waals surface area contributed by atoms with Crippen LogP contribution in [0.2, 0.25) is 5.15 Å². The normalized spacial score (nSPS) is 16.5. The summed E-state index contributed by atoms with van der Waals surface area (Å²) in [6.45, 7) is 7.89. The maximum absolute atomic E-state index is 6.08. The number of piperidine rings is 1. The van der Waals surface area contributed by atoms with Crippen molar-refractivity contribution < 1.29 is 4.52 Å². The minimum atomic E-state index is 0.295. The van der Waals surface area contributed by atoms with E-state index in [2.05, 4.69) is 38.9 Å². The molecule has 1 aliphatic heterocycles. The second kappa shape index (κ2) is 6.20. The molecule has 3 heterocycles. The predicted molar refractivity (Wildman–Crippen MR) is 84.4 cm³/mol. The van der Waals surface area contributed by atoms with Crippen molar-refractivity contribution in [2.75, 3.05) is 18.0 Å². The van der Waals surface area contributed by atoms with Gasteiger partial charge in [-0.05, 0) is 19.8 Å². The van der Waals surface area contributed by atoms with Crippen LogP contribution < -0.4 is 4.90 Å². The monoisotopic (exact) mass is 321 g/mol. The Morgan fingerprint density at radius 3 is 2.64 bits per heavy atom. The highest BCUT2D eigenvalue weighted by molar-refractivity contribution is 6.30. The maximum atomic E-state index is 6.08. The third-order valence-electron chi connectivity index (χ3n) is 4.11. The molecule has 0 unspecified atom stereocenters. The van der Waals surface area contributed by atoms with Crippen molar-refractivity contribution in [2.24, 2.45) is 0 Å². The summed E-state index contributed by atoms with van der Waals surface area (Å²) in [7, 11) is 0. The summed E-state index contributed by atoms with van der Waals surface area (Å²) in [6.07, 6.45) is 3.46. The van der Waals surface area contributed by atoms with Gasteiger partial charge in [-0.3, -0.25) is 0 Å². The summed E-state index contributed by atoms with van der Waals surface area (Å²) in [6, 6.07) is 0. The van der Waals surface area contributed by atoms with Crippen molar-refractivity contribution in [3.05, 3.63) is 28.8 Å². The molecule has 2 aromatic heterocycles. The van der Waals surface area contributed by atoms with Crippen LogP contribution in [-0.4, -0.2) is 33.2 Å². The Morgan fingerprint density at radius 1 is 1.27 bits per heavy atom. The number of nitrogens with zero attached hydrogens (tertiary/aromatic N) is 5. The molecule has 0 amide bonds. The van der Waals surface area contributed by atoms with Crippen molar-refractivity contribution in [1.29, 1.82) is 0 Å². The van der Waals surface area contributed by atoms with E-state index in [1.54, 1.807) is 0 Å². The van der Waals surface area contributed by atoms with Gasteiger partial charge in [0.1, 0.15) is 17.3 Å². The van der Waals surface area contributed by atoms with Crippen LogP contribution in [0.15, 0.2) is 10.9 Å². The largest absolute Gasteiger partial charge is 0.356 e. The molecule has 0 bridgehead atoms. The number of hydrogen-bond donors (Lipinski definition) is 0. The van der Waals surface area contributed by atoms with Gasteiger partial charge in [-0.2, -0.15) is 4.98 Å². The molecule has 1 fully saturated rings. The third-order valence-corrected chi connectivity index (χ3v) is 4.49. The molecule has 0 radical (unpaired) electrons. The SMILES string of the molecule is Cc1c(Cl)ncnc1N1CCC(c2nc(C(C)C)no2)CC1. The van der Waals surface area contributed by atoms with Gasteiger partial charge >= 0.3 is 0 Å². The molecule has 1 saturated heterocycles. The van der Waals surface area contributed by atoms with Gasteiger partial charge in [0.15, 0.2) is 5.82 Å². The average molecular weight is 322 g/mol. The molecular formula is C15H20ClN5O. The first-order valence-corrected chi connectivity index (χ1v) is 7.99. The van der Waals surface area contributed by atoms with E-state index in [0.717, 1.165) is 49.0 Å². The van der Waals surface area contributed by atoms with Crippen LogP contribution in [0.25, 0.3) is 0 Å². The van der Waals surface area contributed by atoms with Gasteiger partial charge in [-0.25, -0.2) is 9.97 Å². The smallest absolute Gasteiger partial charge is 0.229 e. The molecule has 3 rings (SSSR count). The van der Waals surface area contributed by atoms with E-state index in [1.165, 1.54) is 6.33 Å². The van der Waals surface area contributed by atoms with Crippen LogP contribution >= 0.6 is 11.6 Å². The summed E-state index contributed by atoms with van der Waals surface area (Å²) < 4.78 is 5.42. The van der Waals surface area contributed by atoms with Crippen LogP contribution in [0, 0.1) is 6.92 Å². The lowest BCUT2D eigenvalue weighted by Crippen LogP contribution is -2.34. The average Bonchev–Trinajstić information content (AvgIpc) is 3.00. The second-order valence-corrected chi connectivity index (χ2v) is 6.38. The van der Waals surface area contributed by atoms with Crippen LogP contribution in [0.1, 0.15) is 55.8 Å². The summed E-state index contributed by atoms with van der Waals surface area (Å²) in [4.78, 5) is 15.1. The van der Waals surface area contributed by atoms with Crippen molar-refractivity contribution in [3.63, 3.8) is 0 Å². The van der Waals surface area contributed by atoms with Gasteiger partial charge in [0.2, 0.25) is 5.89 Å². The van der Waals surface area contributed by atoms with Crippen molar-refractivity contribution >= 4 is 17.4 Å². The summed E-state index contributed by atoms with van der Waals surface area (Å²) in [5.74, 6) is 3.10. The zero-order valence-corrected chi connectivity index (χ0v) is 13.8. The highest BCUT2D eigenvalue weighted by atomic mass is 35.5. The van der Waals surface area contributed by atoms with Crippen LogP contribution in [0.5, 0.6) is 0 Å². The fourth-order valence-electron chi connectivity index (χ4n) is 2.72. The molecule has 118 valence electrons. The Balaban J connectivity index is 1.68. The van der Waals surface area contributed by atoms with Crippen LogP contribution in [0.4, 0.5) is 5.82 Å². The highest BCUT2D eigenvalue weighted by Gasteiger charge is 2.27. The molecule has 1 aliphatic rings. The molecule has 7 heteroatoms. The lowest BCUT2D eigenvalue weighted by Gasteiger charge is -2.32. The molecule has 0 aromatic carbocycles. The number of aromatic nitrogens is 4. The van der Waals surface area contributed by atoms with Crippen molar-refractivity contribution in [3.8, 4) is 0 Å². The first kappa shape index (κ1) is 15.2. The molecule has 22 heavy (non-hydrogen) atoms. The Hall–Kier alpha value is -1.69. The minimum absolute atomic E-state index is 0.295. The molecule has 0 spiro atoms. The molecule has 0 saturated carbocycles. The molecule has 0 aliphatic carbocycles. The van der Waals surface area contributed by atoms with Gasteiger partial charge in [0, 0.05) is 30.5 Å². The van der Waals surface area contributed by atoms with E-state index in [1.807, 2.05) is 6.92 Å². The Morgan fingerprint density at radius 2 is 2.00 bits per heavy atom. The molecular weight excluding hydrogens is 302 g/mol. The summed E-state index contributed by atoms with van der Waals surface area (Å²) in [5, 5.41) is 4.58. The highest BCUT2D eigenvalue weighted by Crippen LogP contribution is 2.31. The zero-order chi connectivity index (χ0) is 15.7. The lowest BCUT2D eigenvalue weighted by atomic mass is 9.96. The summed E-state index contributed by atoms with van der Waals surface area (Å²) in [5.41, 5.74) is 0.933. The van der Waals surface area contributed by atoms with Gasteiger partial charge < -0.3 is 9.42 Å². The zero-order valence-electron chi connectivity index (χ0n) is 13.1. The second-order valence-electron chi connectivity index (χ2n) is 6.02. The number of anilines is 1. The quantitative estimate of drug-likeness (QED) is 0.808. The molecule has 0 atom stereocenters. The van der Waals surface area contributed by atoms with Gasteiger partial charge in [-0.1, -0.05) is 30.6 Å². The van der Waals surface area contributed by atoms with E-state index in [9.17, 15) is 0 Å². The Labute approximate surface area is 134 Å². The third kappa shape index (κ3) is 2.92. The van der Waals surface area contributed by atoms with Crippen LogP contribution in [-0.2, 0) is 0 Å². The van der Waals surface area contributed by atoms with Crippen molar-refractivity contribution in [2.45, 2.75) is 45.4 Å². The van der Waals surface area contributed by atoms with Gasteiger partial charge in [-0.15, -0.1) is 0 Å². The standard InChI is InChI=1S/C15H20ClN5O/c1-9(2)13-19-15(22-20-13)11-4-6-21(7-5-11)14-10(3)12(16)17-8-18-14/h8-9,11H,4-7H2,1-3H3. The minimum Gasteiger partial charge on any atom is -0.356 e. The maximum Gasteiger partial charge on any atom is 0.229 e. The van der Waals surface area contributed by atoms with E-state index < -0.39 is 0 Å². The summed E-state index contributed by atoms with van der Waals surface area (Å²) >= 11 is 6.08. The first-order valence-electron chi connectivity index (χ1n) is 7.61. The molecule has 2 aromatic rings. The first-order chi connectivity index (χ1) is 10.6. The fourth-order valence-corrected chi connectivity index (χ4v) is 2.85. The van der Waals surface area contributed by atoms with Crippen LogP contribution in [0.3, 0.4) is 0 Å². The van der Waals surface area contributed by atoms with E-state index >= 15 is 0 Å². The van der Waals surface area contributed by atoms with Gasteiger partial charge in [0.25, 0.3) is 0 Å². The van der Waals surface area contributed by atoms with E-state index in [0.29, 0.717) is 17.0 Å². The van der Waals surface area contributed by atoms with Gasteiger partial charge in [0.05, 0.1) is 0 Å². The van der Waals surface area contributed by atoms with E-state index in [4.69, 9.17) is 16.1 Å². The fraction of sp³-hybridized carbons (Fsp3) is 0.600. The molecule has 0 N–H and O–H groups in total. The van der Waals surface area contributed by atoms with Crippen molar-refractivity contribution in [1.82, 2.24) is 20.1 Å². The van der Waals surface area contributed by atoms with E-state index in [-0.39, 0.29) is 0 Å². The number of rotatable bonds is 3. The Bertz CT molecular complexity index is 649. The number of hydrogen-bond acceptors (Lipinski definition) is 6. The topological polar surface area (TPSA) is 67.9 Å². The number of halogens is 1. The predicted octanol–water partition coefficient (Wildman–Crippen LogP) is 3.33. The Kier molecular flexibility index (Phi) is 4.29. The lowest BCUT2D eigenvalue weighted by molar-refractivity contribution is 0.325. The molecule has 6 nitrogen and oxygen atoms in total.